The zero-order valence-corrected chi connectivity index (χ0v) is 8.49. The highest BCUT2D eigenvalue weighted by atomic mass is 16.4. The Bertz CT molecular complexity index is 174. The van der Waals surface area contributed by atoms with Gasteiger partial charge in [0, 0.05) is 13.1 Å². The van der Waals surface area contributed by atoms with Crippen LogP contribution >= 0.6 is 0 Å². The van der Waals surface area contributed by atoms with Crippen LogP contribution in [0.3, 0.4) is 0 Å². The topological polar surface area (TPSA) is 40.5 Å². The minimum atomic E-state index is -0.659. The summed E-state index contributed by atoms with van der Waals surface area (Å²) in [6.07, 6.45) is 1.57. The first-order valence-electron chi connectivity index (χ1n) is 5.02. The summed E-state index contributed by atoms with van der Waals surface area (Å²) in [6.45, 7) is 7.54. The number of hydrogen-bond acceptors (Lipinski definition) is 2. The second-order valence-electron chi connectivity index (χ2n) is 4.41. The molecule has 0 aromatic heterocycles. The van der Waals surface area contributed by atoms with Gasteiger partial charge < -0.3 is 10.0 Å². The van der Waals surface area contributed by atoms with Crippen LogP contribution in [0, 0.1) is 11.8 Å². The summed E-state index contributed by atoms with van der Waals surface area (Å²) in [5.74, 6) is 0.497. The van der Waals surface area contributed by atoms with E-state index >= 15 is 0 Å². The average Bonchev–Trinajstić information content (AvgIpc) is 1.92. The molecule has 0 aromatic rings. The molecule has 0 atom stereocenters. The Kier molecular flexibility index (Phi) is 3.72. The smallest absolute Gasteiger partial charge is 0.303 e. The normalized spacial score (nSPS) is 19.0. The summed E-state index contributed by atoms with van der Waals surface area (Å²) < 4.78 is 0. The first-order chi connectivity index (χ1) is 6.08. The largest absolute Gasteiger partial charge is 0.481 e. The fourth-order valence-electron chi connectivity index (χ4n) is 1.68. The van der Waals surface area contributed by atoms with Crippen molar-refractivity contribution in [2.45, 2.75) is 26.7 Å². The van der Waals surface area contributed by atoms with Crippen molar-refractivity contribution in [3.63, 3.8) is 0 Å². The van der Waals surface area contributed by atoms with Gasteiger partial charge in [-0.05, 0) is 24.8 Å². The predicted molar refractivity (Wildman–Crippen MR) is 51.6 cm³/mol. The maximum atomic E-state index is 10.4. The molecule has 76 valence electrons. The molecule has 0 bridgehead atoms. The molecule has 1 aliphatic rings. The lowest BCUT2D eigenvalue weighted by Gasteiger charge is -2.38. The van der Waals surface area contributed by atoms with Gasteiger partial charge >= 0.3 is 5.97 Å². The first kappa shape index (κ1) is 10.5. The van der Waals surface area contributed by atoms with E-state index in [1.165, 1.54) is 6.42 Å². The van der Waals surface area contributed by atoms with Crippen LogP contribution in [0.1, 0.15) is 26.7 Å². The van der Waals surface area contributed by atoms with Crippen LogP contribution in [0.5, 0.6) is 0 Å². The van der Waals surface area contributed by atoms with Gasteiger partial charge in [-0.3, -0.25) is 4.79 Å². The number of hydrogen-bond donors (Lipinski definition) is 1. The van der Waals surface area contributed by atoms with Gasteiger partial charge in [-0.1, -0.05) is 13.8 Å². The number of carbonyl (C=O) groups is 1. The number of likely N-dealkylation sites (tertiary alicyclic amines) is 1. The maximum absolute atomic E-state index is 10.4. The fourth-order valence-corrected chi connectivity index (χ4v) is 1.68. The van der Waals surface area contributed by atoms with Gasteiger partial charge in [0.1, 0.15) is 0 Å². The van der Waals surface area contributed by atoms with Gasteiger partial charge in [0.15, 0.2) is 0 Å². The molecule has 3 nitrogen and oxygen atoms in total. The molecule has 3 heteroatoms. The lowest BCUT2D eigenvalue weighted by molar-refractivity contribution is -0.139. The van der Waals surface area contributed by atoms with Gasteiger partial charge in [-0.15, -0.1) is 0 Å². The number of carboxylic acid groups (broad SMARTS) is 1. The van der Waals surface area contributed by atoms with Crippen LogP contribution in [0.25, 0.3) is 0 Å². The molecule has 1 rings (SSSR count). The van der Waals surface area contributed by atoms with Gasteiger partial charge in [0.2, 0.25) is 0 Å². The van der Waals surface area contributed by atoms with E-state index in [4.69, 9.17) is 5.11 Å². The Balaban J connectivity index is 2.02. The third kappa shape index (κ3) is 3.77. The maximum Gasteiger partial charge on any atom is 0.303 e. The Morgan fingerprint density at radius 2 is 2.15 bits per heavy atom. The van der Waals surface area contributed by atoms with Gasteiger partial charge in [0.25, 0.3) is 0 Å². The molecule has 1 N–H and O–H groups in total. The highest BCUT2D eigenvalue weighted by Gasteiger charge is 2.27. The second kappa shape index (κ2) is 4.61. The quantitative estimate of drug-likeness (QED) is 0.704. The van der Waals surface area contributed by atoms with Crippen molar-refractivity contribution in [2.24, 2.45) is 11.8 Å². The molecule has 13 heavy (non-hydrogen) atoms. The van der Waals surface area contributed by atoms with Crippen molar-refractivity contribution in [1.82, 2.24) is 4.90 Å². The lowest BCUT2D eigenvalue weighted by atomic mass is 9.95. The van der Waals surface area contributed by atoms with Crippen molar-refractivity contribution in [2.75, 3.05) is 19.6 Å². The predicted octanol–water partition coefficient (Wildman–Crippen LogP) is 1.44. The molecule has 1 heterocycles. The number of rotatable bonds is 5. The lowest BCUT2D eigenvalue weighted by Crippen LogP contribution is -2.47. The molecular formula is C10H19NO2. The van der Waals surface area contributed by atoms with E-state index in [1.807, 2.05) is 0 Å². The van der Waals surface area contributed by atoms with Crippen LogP contribution in [-0.4, -0.2) is 35.6 Å². The van der Waals surface area contributed by atoms with Crippen LogP contribution in [0.15, 0.2) is 0 Å². The summed E-state index contributed by atoms with van der Waals surface area (Å²) in [7, 11) is 0. The minimum absolute atomic E-state index is 0.345. The molecule has 1 fully saturated rings. The zero-order chi connectivity index (χ0) is 9.84. The average molecular weight is 185 g/mol. The van der Waals surface area contributed by atoms with Crippen molar-refractivity contribution >= 4 is 5.97 Å². The van der Waals surface area contributed by atoms with Crippen molar-refractivity contribution in [3.05, 3.63) is 0 Å². The summed E-state index contributed by atoms with van der Waals surface area (Å²) in [6, 6.07) is 0. The SMILES string of the molecule is CC(C)CCN1CC(CC(=O)O)C1. The number of aliphatic carboxylic acids is 1. The second-order valence-corrected chi connectivity index (χ2v) is 4.41. The molecule has 0 saturated carbocycles. The summed E-state index contributed by atoms with van der Waals surface area (Å²) in [5, 5.41) is 8.53. The van der Waals surface area contributed by atoms with Crippen molar-refractivity contribution in [1.29, 1.82) is 0 Å². The summed E-state index contributed by atoms with van der Waals surface area (Å²) in [5.41, 5.74) is 0. The molecule has 0 unspecified atom stereocenters. The Morgan fingerprint density at radius 3 is 2.62 bits per heavy atom. The Hall–Kier alpha value is -0.570. The van der Waals surface area contributed by atoms with E-state index in [0.29, 0.717) is 12.3 Å². The molecule has 1 saturated heterocycles. The molecule has 0 aliphatic carbocycles. The molecule has 0 amide bonds. The van der Waals surface area contributed by atoms with E-state index in [2.05, 4.69) is 18.7 Å². The highest BCUT2D eigenvalue weighted by Crippen LogP contribution is 2.19. The zero-order valence-electron chi connectivity index (χ0n) is 8.49. The van der Waals surface area contributed by atoms with Gasteiger partial charge in [-0.2, -0.15) is 0 Å². The van der Waals surface area contributed by atoms with Crippen molar-refractivity contribution < 1.29 is 9.90 Å². The molecule has 0 aromatic carbocycles. The van der Waals surface area contributed by atoms with Crippen LogP contribution in [-0.2, 0) is 4.79 Å². The number of carboxylic acids is 1. The van der Waals surface area contributed by atoms with E-state index < -0.39 is 5.97 Å². The van der Waals surface area contributed by atoms with Gasteiger partial charge in [0.05, 0.1) is 6.42 Å². The van der Waals surface area contributed by atoms with E-state index in [-0.39, 0.29) is 0 Å². The van der Waals surface area contributed by atoms with Gasteiger partial charge in [-0.25, -0.2) is 0 Å². The van der Waals surface area contributed by atoms with Crippen LogP contribution in [0.4, 0.5) is 0 Å². The third-order valence-electron chi connectivity index (χ3n) is 2.52. The van der Waals surface area contributed by atoms with Crippen LogP contribution < -0.4 is 0 Å². The van der Waals surface area contributed by atoms with E-state index in [1.54, 1.807) is 0 Å². The standard InChI is InChI=1S/C10H19NO2/c1-8(2)3-4-11-6-9(7-11)5-10(12)13/h8-9H,3-7H2,1-2H3,(H,12,13). The fraction of sp³-hybridized carbons (Fsp3) is 0.900. The first-order valence-corrected chi connectivity index (χ1v) is 5.02. The minimum Gasteiger partial charge on any atom is -0.481 e. The van der Waals surface area contributed by atoms with Crippen molar-refractivity contribution in [3.8, 4) is 0 Å². The molecule has 0 radical (unpaired) electrons. The third-order valence-corrected chi connectivity index (χ3v) is 2.52. The summed E-state index contributed by atoms with van der Waals surface area (Å²) in [4.78, 5) is 12.7. The molecule has 1 aliphatic heterocycles. The summed E-state index contributed by atoms with van der Waals surface area (Å²) >= 11 is 0. The Labute approximate surface area is 79.7 Å². The van der Waals surface area contributed by atoms with E-state index in [0.717, 1.165) is 25.6 Å². The molecular weight excluding hydrogens is 166 g/mol. The Morgan fingerprint density at radius 1 is 1.54 bits per heavy atom. The highest BCUT2D eigenvalue weighted by molar-refractivity contribution is 5.67. The molecule has 0 spiro atoms. The monoisotopic (exact) mass is 185 g/mol. The van der Waals surface area contributed by atoms with Crippen LogP contribution in [0.2, 0.25) is 0 Å². The number of nitrogens with zero attached hydrogens (tertiary/aromatic N) is 1. The van der Waals surface area contributed by atoms with E-state index in [9.17, 15) is 4.79 Å².